The third-order valence-corrected chi connectivity index (χ3v) is 5.77. The zero-order valence-corrected chi connectivity index (χ0v) is 16.8. The second-order valence-corrected chi connectivity index (χ2v) is 7.79. The molecule has 1 aliphatic rings. The Balaban J connectivity index is 1.60. The van der Waals surface area contributed by atoms with Crippen LogP contribution in [0.5, 0.6) is 0 Å². The molecule has 4 aromatic carbocycles. The number of para-hydroxylation sites is 1. The minimum absolute atomic E-state index is 0.648. The molecule has 0 amide bonds. The molecule has 0 saturated heterocycles. The molecule has 1 aliphatic heterocycles. The number of anilines is 2. The van der Waals surface area contributed by atoms with E-state index in [1.807, 2.05) is 47.5 Å². The summed E-state index contributed by atoms with van der Waals surface area (Å²) >= 11 is 6.11. The number of aromatic nitrogens is 2. The Labute approximate surface area is 178 Å². The molecule has 30 heavy (non-hydrogen) atoms. The van der Waals surface area contributed by atoms with Gasteiger partial charge in [0.15, 0.2) is 0 Å². The molecule has 0 radical (unpaired) electrons. The minimum atomic E-state index is 0.648. The van der Waals surface area contributed by atoms with Crippen molar-refractivity contribution in [1.29, 1.82) is 0 Å². The summed E-state index contributed by atoms with van der Waals surface area (Å²) in [5.74, 6) is 0.824. The van der Waals surface area contributed by atoms with Crippen molar-refractivity contribution in [2.75, 3.05) is 5.01 Å². The lowest BCUT2D eigenvalue weighted by Gasteiger charge is -2.26. The molecule has 1 aromatic heterocycles. The molecule has 0 saturated carbocycles. The van der Waals surface area contributed by atoms with Crippen LogP contribution in [0.1, 0.15) is 5.56 Å². The largest absolute Gasteiger partial charge is 0.302 e. The van der Waals surface area contributed by atoms with E-state index in [2.05, 4.69) is 53.1 Å². The first kappa shape index (κ1) is 17.2. The van der Waals surface area contributed by atoms with Crippen molar-refractivity contribution in [3.8, 4) is 0 Å². The summed E-state index contributed by atoms with van der Waals surface area (Å²) in [5, 5.41) is 9.98. The Hall–Kier alpha value is -3.63. The molecule has 4 nitrogen and oxygen atoms in total. The second-order valence-electron chi connectivity index (χ2n) is 7.35. The van der Waals surface area contributed by atoms with Crippen LogP contribution in [0.4, 0.5) is 11.6 Å². The van der Waals surface area contributed by atoms with E-state index >= 15 is 0 Å². The predicted molar refractivity (Wildman–Crippen MR) is 124 cm³/mol. The smallest absolute Gasteiger partial charge is 0.232 e. The number of imidazole rings is 1. The molecule has 0 spiro atoms. The van der Waals surface area contributed by atoms with Crippen molar-refractivity contribution in [3.05, 3.63) is 102 Å². The molecular weight excluding hydrogens is 392 g/mol. The molecule has 6 rings (SSSR count). The van der Waals surface area contributed by atoms with E-state index in [-0.39, 0.29) is 0 Å². The maximum atomic E-state index is 6.11. The Morgan fingerprint density at radius 1 is 0.767 bits per heavy atom. The lowest BCUT2D eigenvalue weighted by molar-refractivity contribution is 0.801. The standard InChI is InChI=1S/C25H17ClN4/c26-19-13-10-18(11-14-19)22-16-29-23-15-12-17-6-4-5-9-21(17)24(23)27-25(29)30(28-22)20-7-2-1-3-8-20/h1-15H,16H2. The van der Waals surface area contributed by atoms with E-state index in [4.69, 9.17) is 21.7 Å². The Morgan fingerprint density at radius 2 is 1.53 bits per heavy atom. The van der Waals surface area contributed by atoms with E-state index in [9.17, 15) is 0 Å². The van der Waals surface area contributed by atoms with Crippen LogP contribution in [-0.2, 0) is 6.54 Å². The van der Waals surface area contributed by atoms with Crippen LogP contribution in [0.25, 0.3) is 21.8 Å². The third kappa shape index (κ3) is 2.69. The first-order valence-electron chi connectivity index (χ1n) is 9.84. The number of benzene rings is 4. The second kappa shape index (κ2) is 6.71. The van der Waals surface area contributed by atoms with Crippen LogP contribution in [0, 0.1) is 0 Å². The van der Waals surface area contributed by atoms with Crippen LogP contribution in [0.2, 0.25) is 5.02 Å². The van der Waals surface area contributed by atoms with Gasteiger partial charge in [-0.3, -0.25) is 0 Å². The monoisotopic (exact) mass is 408 g/mol. The summed E-state index contributed by atoms with van der Waals surface area (Å²) in [6.07, 6.45) is 0. The first-order valence-corrected chi connectivity index (χ1v) is 10.2. The van der Waals surface area contributed by atoms with Gasteiger partial charge in [0, 0.05) is 10.4 Å². The van der Waals surface area contributed by atoms with Crippen LogP contribution < -0.4 is 5.01 Å². The van der Waals surface area contributed by atoms with E-state index in [0.717, 1.165) is 44.4 Å². The number of hydrogen-bond donors (Lipinski definition) is 0. The van der Waals surface area contributed by atoms with E-state index in [1.165, 1.54) is 5.39 Å². The van der Waals surface area contributed by atoms with Crippen LogP contribution in [0.3, 0.4) is 0 Å². The average Bonchev–Trinajstić information content (AvgIpc) is 3.19. The van der Waals surface area contributed by atoms with Gasteiger partial charge in [-0.1, -0.05) is 72.3 Å². The van der Waals surface area contributed by atoms with Gasteiger partial charge in [0.2, 0.25) is 5.95 Å². The van der Waals surface area contributed by atoms with Gasteiger partial charge in [0.25, 0.3) is 0 Å². The highest BCUT2D eigenvalue weighted by atomic mass is 35.5. The quantitative estimate of drug-likeness (QED) is 0.338. The van der Waals surface area contributed by atoms with Gasteiger partial charge < -0.3 is 4.57 Å². The fraction of sp³-hybridized carbons (Fsp3) is 0.0400. The topological polar surface area (TPSA) is 33.4 Å². The molecule has 2 heterocycles. The lowest BCUT2D eigenvalue weighted by atomic mass is 10.1. The van der Waals surface area contributed by atoms with Gasteiger partial charge in [-0.2, -0.15) is 10.1 Å². The van der Waals surface area contributed by atoms with Gasteiger partial charge in [-0.05, 0) is 41.3 Å². The van der Waals surface area contributed by atoms with E-state index in [1.54, 1.807) is 0 Å². The Bertz CT molecular complexity index is 1420. The van der Waals surface area contributed by atoms with Crippen molar-refractivity contribution in [2.45, 2.75) is 6.54 Å². The maximum Gasteiger partial charge on any atom is 0.232 e. The molecule has 5 aromatic rings. The molecule has 0 N–H and O–H groups in total. The maximum absolute atomic E-state index is 6.11. The normalized spacial score (nSPS) is 13.5. The molecule has 0 unspecified atom stereocenters. The fourth-order valence-electron chi connectivity index (χ4n) is 4.05. The predicted octanol–water partition coefficient (Wildman–Crippen LogP) is 6.40. The number of fused-ring (bicyclic) bond motifs is 5. The third-order valence-electron chi connectivity index (χ3n) is 5.52. The Kier molecular flexibility index (Phi) is 3.86. The molecule has 0 bridgehead atoms. The summed E-state index contributed by atoms with van der Waals surface area (Å²) in [4.78, 5) is 5.04. The summed E-state index contributed by atoms with van der Waals surface area (Å²) in [5.41, 5.74) is 5.09. The van der Waals surface area contributed by atoms with Gasteiger partial charge in [0.05, 0.1) is 29.0 Å². The van der Waals surface area contributed by atoms with Crippen molar-refractivity contribution in [1.82, 2.24) is 9.55 Å². The summed E-state index contributed by atoms with van der Waals surface area (Å²) in [6.45, 7) is 0.648. The molecule has 5 heteroatoms. The van der Waals surface area contributed by atoms with Gasteiger partial charge in [-0.25, -0.2) is 4.98 Å². The number of halogens is 1. The van der Waals surface area contributed by atoms with Gasteiger partial charge >= 0.3 is 0 Å². The van der Waals surface area contributed by atoms with E-state index in [0.29, 0.717) is 6.54 Å². The van der Waals surface area contributed by atoms with Gasteiger partial charge in [0.1, 0.15) is 0 Å². The molecule has 144 valence electrons. The minimum Gasteiger partial charge on any atom is -0.302 e. The molecule has 0 fully saturated rings. The average molecular weight is 409 g/mol. The highest BCUT2D eigenvalue weighted by molar-refractivity contribution is 6.30. The highest BCUT2D eigenvalue weighted by Gasteiger charge is 2.26. The van der Waals surface area contributed by atoms with Crippen molar-refractivity contribution >= 4 is 50.8 Å². The van der Waals surface area contributed by atoms with Crippen LogP contribution in [-0.4, -0.2) is 15.3 Å². The van der Waals surface area contributed by atoms with E-state index < -0.39 is 0 Å². The molecule has 0 atom stereocenters. The molecular formula is C25H17ClN4. The summed E-state index contributed by atoms with van der Waals surface area (Å²) < 4.78 is 2.24. The van der Waals surface area contributed by atoms with Gasteiger partial charge in [-0.15, -0.1) is 0 Å². The number of hydrazone groups is 1. The summed E-state index contributed by atoms with van der Waals surface area (Å²) in [6, 6.07) is 30.7. The number of hydrogen-bond acceptors (Lipinski definition) is 3. The SMILES string of the molecule is Clc1ccc(C2=NN(c3ccccc3)c3nc4c5ccccc5ccc4n3C2)cc1. The molecule has 0 aliphatic carbocycles. The highest BCUT2D eigenvalue weighted by Crippen LogP contribution is 2.35. The van der Waals surface area contributed by atoms with Crippen LogP contribution >= 0.6 is 11.6 Å². The Morgan fingerprint density at radius 3 is 2.37 bits per heavy atom. The van der Waals surface area contributed by atoms with Crippen LogP contribution in [0.15, 0.2) is 96.1 Å². The lowest BCUT2D eigenvalue weighted by Crippen LogP contribution is -2.27. The zero-order chi connectivity index (χ0) is 20.1. The first-order chi connectivity index (χ1) is 14.8. The summed E-state index contributed by atoms with van der Waals surface area (Å²) in [7, 11) is 0. The van der Waals surface area contributed by atoms with Crippen molar-refractivity contribution in [2.24, 2.45) is 5.10 Å². The number of nitrogens with zero attached hydrogens (tertiary/aromatic N) is 4. The van der Waals surface area contributed by atoms with Crippen molar-refractivity contribution < 1.29 is 0 Å². The number of rotatable bonds is 2. The fourth-order valence-corrected chi connectivity index (χ4v) is 4.17. The zero-order valence-electron chi connectivity index (χ0n) is 16.0. The van der Waals surface area contributed by atoms with Crippen molar-refractivity contribution in [3.63, 3.8) is 0 Å².